The highest BCUT2D eigenvalue weighted by Crippen LogP contribution is 2.45. The number of aromatic hydroxyl groups is 2. The number of hydrogen-bond acceptors (Lipinski definition) is 6. The normalized spacial score (nSPS) is 15.5. The average Bonchev–Trinajstić information content (AvgIpc) is 3.29. The van der Waals surface area contributed by atoms with Gasteiger partial charge in [-0.1, -0.05) is 18.2 Å². The van der Waals surface area contributed by atoms with Gasteiger partial charge >= 0.3 is 0 Å². The zero-order valence-corrected chi connectivity index (χ0v) is 16.8. The zero-order chi connectivity index (χ0) is 21.3. The fourth-order valence-electron chi connectivity index (χ4n) is 3.90. The van der Waals surface area contributed by atoms with Crippen molar-refractivity contribution in [3.8, 4) is 28.5 Å². The molecule has 1 atom stereocenters. The molecule has 1 unspecified atom stereocenters. The Morgan fingerprint density at radius 3 is 2.67 bits per heavy atom. The highest BCUT2D eigenvalue weighted by Gasteiger charge is 2.42. The van der Waals surface area contributed by atoms with Crippen LogP contribution in [0, 0.1) is 0 Å². The summed E-state index contributed by atoms with van der Waals surface area (Å²) in [5.74, 6) is 0.245. The molecule has 8 nitrogen and oxygen atoms in total. The van der Waals surface area contributed by atoms with Crippen LogP contribution in [0.2, 0.25) is 0 Å². The van der Waals surface area contributed by atoms with Crippen LogP contribution in [-0.4, -0.2) is 58.6 Å². The maximum Gasteiger partial charge on any atom is 0.273 e. The predicted octanol–water partition coefficient (Wildman–Crippen LogP) is 3.08. The molecule has 3 aromatic rings. The van der Waals surface area contributed by atoms with E-state index < -0.39 is 6.04 Å². The number of methoxy groups -OCH3 is 2. The molecule has 0 bridgehead atoms. The Labute approximate surface area is 173 Å². The molecule has 0 aliphatic carbocycles. The topological polar surface area (TPSA) is 108 Å². The van der Waals surface area contributed by atoms with Crippen LogP contribution < -0.4 is 4.74 Å². The van der Waals surface area contributed by atoms with Crippen LogP contribution in [-0.2, 0) is 4.74 Å². The number of para-hydroxylation sites is 1. The number of fused-ring (bicyclic) bond motifs is 1. The SMILES string of the molecule is COCCCN1C(=O)c2[nH]nc(-c3ccccc3O)c2C1c1ccc(O)c(OC)c1. The summed E-state index contributed by atoms with van der Waals surface area (Å²) in [5, 5.41) is 27.6. The van der Waals surface area contributed by atoms with Gasteiger partial charge in [0.2, 0.25) is 0 Å². The van der Waals surface area contributed by atoms with Crippen LogP contribution in [0.5, 0.6) is 17.2 Å². The molecule has 8 heteroatoms. The molecule has 30 heavy (non-hydrogen) atoms. The van der Waals surface area contributed by atoms with Gasteiger partial charge in [-0.15, -0.1) is 0 Å². The first-order chi connectivity index (χ1) is 14.6. The summed E-state index contributed by atoms with van der Waals surface area (Å²) in [6, 6.07) is 11.5. The van der Waals surface area contributed by atoms with Crippen LogP contribution >= 0.6 is 0 Å². The van der Waals surface area contributed by atoms with E-state index in [9.17, 15) is 15.0 Å². The minimum atomic E-state index is -0.452. The molecule has 0 saturated heterocycles. The molecule has 2 aromatic carbocycles. The van der Waals surface area contributed by atoms with Crippen LogP contribution in [0.15, 0.2) is 42.5 Å². The van der Waals surface area contributed by atoms with E-state index in [1.165, 1.54) is 7.11 Å². The zero-order valence-electron chi connectivity index (χ0n) is 16.8. The Morgan fingerprint density at radius 1 is 1.13 bits per heavy atom. The smallest absolute Gasteiger partial charge is 0.273 e. The minimum absolute atomic E-state index is 0.0184. The second kappa shape index (κ2) is 8.08. The molecule has 156 valence electrons. The van der Waals surface area contributed by atoms with E-state index in [1.54, 1.807) is 48.4 Å². The van der Waals surface area contributed by atoms with Gasteiger partial charge < -0.3 is 24.6 Å². The van der Waals surface area contributed by atoms with Gasteiger partial charge in [0.25, 0.3) is 5.91 Å². The summed E-state index contributed by atoms with van der Waals surface area (Å²) in [6.45, 7) is 0.997. The molecule has 0 fully saturated rings. The van der Waals surface area contributed by atoms with Crippen molar-refractivity contribution in [2.24, 2.45) is 0 Å². The maximum absolute atomic E-state index is 13.2. The van der Waals surface area contributed by atoms with Gasteiger partial charge in [-0.05, 0) is 36.2 Å². The lowest BCUT2D eigenvalue weighted by Gasteiger charge is -2.26. The van der Waals surface area contributed by atoms with E-state index in [-0.39, 0.29) is 17.4 Å². The number of nitrogens with one attached hydrogen (secondary N) is 1. The second-order valence-electron chi connectivity index (χ2n) is 7.06. The molecule has 3 N–H and O–H groups in total. The van der Waals surface area contributed by atoms with Gasteiger partial charge in [0, 0.05) is 31.4 Å². The summed E-state index contributed by atoms with van der Waals surface area (Å²) in [4.78, 5) is 14.9. The largest absolute Gasteiger partial charge is 0.507 e. The Morgan fingerprint density at radius 2 is 1.93 bits per heavy atom. The number of rotatable bonds is 7. The van der Waals surface area contributed by atoms with Crippen molar-refractivity contribution in [1.29, 1.82) is 0 Å². The molecular formula is C22H23N3O5. The quantitative estimate of drug-likeness (QED) is 0.518. The lowest BCUT2D eigenvalue weighted by atomic mass is 9.95. The highest BCUT2D eigenvalue weighted by atomic mass is 16.5. The fourth-order valence-corrected chi connectivity index (χ4v) is 3.90. The van der Waals surface area contributed by atoms with Crippen molar-refractivity contribution in [1.82, 2.24) is 15.1 Å². The Balaban J connectivity index is 1.86. The number of benzene rings is 2. The van der Waals surface area contributed by atoms with Crippen molar-refractivity contribution < 1.29 is 24.5 Å². The number of ether oxygens (including phenoxy) is 2. The minimum Gasteiger partial charge on any atom is -0.507 e. The van der Waals surface area contributed by atoms with Crippen LogP contribution in [0.3, 0.4) is 0 Å². The molecule has 2 heterocycles. The standard InChI is InChI=1S/C22H23N3O5/c1-29-11-5-10-25-21(13-8-9-16(27)17(12-13)30-2)18-19(23-24-20(18)22(25)28)14-6-3-4-7-15(14)26/h3-4,6-9,12,21,26-27H,5,10-11H2,1-2H3,(H,23,24). The third kappa shape index (κ3) is 3.25. The third-order valence-electron chi connectivity index (χ3n) is 5.29. The van der Waals surface area contributed by atoms with Crippen molar-refractivity contribution in [2.75, 3.05) is 27.4 Å². The predicted molar refractivity (Wildman–Crippen MR) is 110 cm³/mol. The summed E-state index contributed by atoms with van der Waals surface area (Å²) in [7, 11) is 3.10. The molecule has 0 saturated carbocycles. The van der Waals surface area contributed by atoms with E-state index >= 15 is 0 Å². The summed E-state index contributed by atoms with van der Waals surface area (Å²) >= 11 is 0. The maximum atomic E-state index is 13.2. The van der Waals surface area contributed by atoms with E-state index in [0.717, 1.165) is 5.56 Å². The first-order valence-corrected chi connectivity index (χ1v) is 9.60. The number of phenols is 2. The van der Waals surface area contributed by atoms with Gasteiger partial charge in [-0.2, -0.15) is 5.10 Å². The van der Waals surface area contributed by atoms with Gasteiger partial charge in [-0.3, -0.25) is 9.89 Å². The van der Waals surface area contributed by atoms with Crippen molar-refractivity contribution in [3.63, 3.8) is 0 Å². The Bertz CT molecular complexity index is 1080. The molecule has 1 aromatic heterocycles. The van der Waals surface area contributed by atoms with Crippen LogP contribution in [0.4, 0.5) is 0 Å². The molecule has 4 rings (SSSR count). The second-order valence-corrected chi connectivity index (χ2v) is 7.06. The number of amides is 1. The molecule has 1 amide bonds. The Kier molecular flexibility index (Phi) is 5.33. The highest BCUT2D eigenvalue weighted by molar-refractivity contribution is 6.00. The van der Waals surface area contributed by atoms with Gasteiger partial charge in [0.05, 0.1) is 13.2 Å². The number of carbonyl (C=O) groups is 1. The number of hydrogen-bond donors (Lipinski definition) is 3. The molecule has 1 aliphatic rings. The fraction of sp³-hybridized carbons (Fsp3) is 0.273. The Hall–Kier alpha value is -3.52. The van der Waals surface area contributed by atoms with Crippen molar-refractivity contribution >= 4 is 5.91 Å². The van der Waals surface area contributed by atoms with E-state index in [4.69, 9.17) is 9.47 Å². The number of carbonyl (C=O) groups excluding carboxylic acids is 1. The van der Waals surface area contributed by atoms with Gasteiger partial charge in [-0.25, -0.2) is 0 Å². The first kappa shape index (κ1) is 19.8. The monoisotopic (exact) mass is 409 g/mol. The molecule has 0 spiro atoms. The summed E-state index contributed by atoms with van der Waals surface area (Å²) in [6.07, 6.45) is 0.664. The number of aromatic amines is 1. The van der Waals surface area contributed by atoms with Gasteiger partial charge in [0.1, 0.15) is 17.1 Å². The number of phenolic OH excluding ortho intramolecular Hbond substituents is 2. The molecule has 1 aliphatic heterocycles. The lowest BCUT2D eigenvalue weighted by Crippen LogP contribution is -2.31. The average molecular weight is 409 g/mol. The summed E-state index contributed by atoms with van der Waals surface area (Å²) < 4.78 is 10.4. The number of aromatic nitrogens is 2. The van der Waals surface area contributed by atoms with E-state index in [0.29, 0.717) is 47.8 Å². The van der Waals surface area contributed by atoms with E-state index in [2.05, 4.69) is 10.2 Å². The molecule has 0 radical (unpaired) electrons. The van der Waals surface area contributed by atoms with Crippen molar-refractivity contribution in [3.05, 3.63) is 59.3 Å². The lowest BCUT2D eigenvalue weighted by molar-refractivity contribution is 0.0723. The van der Waals surface area contributed by atoms with Crippen LogP contribution in [0.25, 0.3) is 11.3 Å². The van der Waals surface area contributed by atoms with Crippen LogP contribution in [0.1, 0.15) is 34.1 Å². The van der Waals surface area contributed by atoms with E-state index in [1.807, 2.05) is 6.07 Å². The first-order valence-electron chi connectivity index (χ1n) is 9.60. The number of H-pyrrole nitrogens is 1. The summed E-state index contributed by atoms with van der Waals surface area (Å²) in [5.41, 5.74) is 2.90. The molecular weight excluding hydrogens is 386 g/mol. The van der Waals surface area contributed by atoms with Crippen molar-refractivity contribution in [2.45, 2.75) is 12.5 Å². The number of nitrogens with zero attached hydrogens (tertiary/aromatic N) is 2. The van der Waals surface area contributed by atoms with Gasteiger partial charge in [0.15, 0.2) is 11.5 Å². The third-order valence-corrected chi connectivity index (χ3v) is 5.29.